The van der Waals surface area contributed by atoms with E-state index < -0.39 is 0 Å². The van der Waals surface area contributed by atoms with E-state index in [0.717, 1.165) is 31.0 Å². The molecule has 15 heavy (non-hydrogen) atoms. The van der Waals surface area contributed by atoms with Gasteiger partial charge in [0.05, 0.1) is 6.61 Å². The van der Waals surface area contributed by atoms with Crippen LogP contribution in [0.4, 0.5) is 0 Å². The van der Waals surface area contributed by atoms with Crippen molar-refractivity contribution in [2.24, 2.45) is 0 Å². The van der Waals surface area contributed by atoms with Crippen LogP contribution in [-0.2, 0) is 0 Å². The van der Waals surface area contributed by atoms with Crippen molar-refractivity contribution >= 4 is 0 Å². The normalized spacial score (nSPS) is 10.7. The minimum Gasteiger partial charge on any atom is -0.493 e. The van der Waals surface area contributed by atoms with Gasteiger partial charge in [-0.1, -0.05) is 13.8 Å². The lowest BCUT2D eigenvalue weighted by atomic mass is 10.3. The Morgan fingerprint density at radius 2 is 2.27 bits per heavy atom. The van der Waals surface area contributed by atoms with Gasteiger partial charge in [0.25, 0.3) is 0 Å². The third kappa shape index (κ3) is 5.37. The van der Waals surface area contributed by atoms with Gasteiger partial charge < -0.3 is 10.1 Å². The number of pyridine rings is 1. The average molecular weight is 208 g/mol. The van der Waals surface area contributed by atoms with Gasteiger partial charge in [-0.2, -0.15) is 0 Å². The van der Waals surface area contributed by atoms with E-state index in [9.17, 15) is 0 Å². The van der Waals surface area contributed by atoms with Gasteiger partial charge in [-0.05, 0) is 26.0 Å². The van der Waals surface area contributed by atoms with Gasteiger partial charge in [0.15, 0.2) is 0 Å². The lowest BCUT2D eigenvalue weighted by molar-refractivity contribution is 0.305. The summed E-state index contributed by atoms with van der Waals surface area (Å²) in [5.74, 6) is 0.909. The molecule has 3 nitrogen and oxygen atoms in total. The molecule has 1 heterocycles. The molecule has 0 radical (unpaired) electrons. The zero-order chi connectivity index (χ0) is 11.1. The van der Waals surface area contributed by atoms with E-state index in [-0.39, 0.29) is 0 Å². The van der Waals surface area contributed by atoms with Gasteiger partial charge in [0, 0.05) is 24.0 Å². The number of hydrogen-bond acceptors (Lipinski definition) is 3. The van der Waals surface area contributed by atoms with Crippen LogP contribution in [-0.4, -0.2) is 24.2 Å². The summed E-state index contributed by atoms with van der Waals surface area (Å²) in [6, 6.07) is 4.40. The van der Waals surface area contributed by atoms with Gasteiger partial charge >= 0.3 is 0 Å². The number of nitrogens with zero attached hydrogens (tertiary/aromatic N) is 1. The molecule has 84 valence electrons. The Bertz CT molecular complexity index is 287. The second-order valence-corrected chi connectivity index (χ2v) is 3.94. The molecule has 0 bridgehead atoms. The van der Waals surface area contributed by atoms with E-state index in [1.54, 1.807) is 6.20 Å². The van der Waals surface area contributed by atoms with Crippen molar-refractivity contribution in [1.29, 1.82) is 0 Å². The third-order valence-electron chi connectivity index (χ3n) is 2.01. The highest BCUT2D eigenvalue weighted by Crippen LogP contribution is 2.09. The molecule has 0 aliphatic heterocycles. The lowest BCUT2D eigenvalue weighted by Gasteiger charge is -2.09. The summed E-state index contributed by atoms with van der Waals surface area (Å²) in [4.78, 5) is 4.12. The molecule has 0 aromatic carbocycles. The molecule has 0 atom stereocenters. The molecule has 0 saturated carbocycles. The number of rotatable bonds is 6. The molecule has 0 aliphatic carbocycles. The topological polar surface area (TPSA) is 34.1 Å². The summed E-state index contributed by atoms with van der Waals surface area (Å²) in [6.45, 7) is 8.01. The maximum Gasteiger partial charge on any atom is 0.122 e. The highest BCUT2D eigenvalue weighted by Gasteiger charge is 1.95. The zero-order valence-corrected chi connectivity index (χ0v) is 9.79. The fourth-order valence-electron chi connectivity index (χ4n) is 1.26. The van der Waals surface area contributed by atoms with Gasteiger partial charge in [-0.3, -0.25) is 4.98 Å². The summed E-state index contributed by atoms with van der Waals surface area (Å²) in [6.07, 6.45) is 2.80. The monoisotopic (exact) mass is 208 g/mol. The van der Waals surface area contributed by atoms with Crippen molar-refractivity contribution in [3.63, 3.8) is 0 Å². The standard InChI is InChI=1S/C12H20N2O/c1-10(2)13-6-4-8-15-12-5-7-14-11(3)9-12/h5,7,9-10,13H,4,6,8H2,1-3H3. The molecule has 1 aromatic rings. The quantitative estimate of drug-likeness (QED) is 0.727. The van der Waals surface area contributed by atoms with Crippen molar-refractivity contribution in [3.05, 3.63) is 24.0 Å². The molecule has 1 rings (SSSR count). The second kappa shape index (κ2) is 6.40. The van der Waals surface area contributed by atoms with Crippen LogP contribution in [0.15, 0.2) is 18.3 Å². The number of aryl methyl sites for hydroxylation is 1. The van der Waals surface area contributed by atoms with Crippen LogP contribution in [0.2, 0.25) is 0 Å². The molecule has 0 unspecified atom stereocenters. The Hall–Kier alpha value is -1.09. The molecule has 3 heteroatoms. The van der Waals surface area contributed by atoms with Gasteiger partial charge in [-0.25, -0.2) is 0 Å². The minimum absolute atomic E-state index is 0.549. The molecule has 0 spiro atoms. The molecule has 0 aliphatic rings. The molecular weight excluding hydrogens is 188 g/mol. The second-order valence-electron chi connectivity index (χ2n) is 3.94. The predicted molar refractivity (Wildman–Crippen MR) is 62.2 cm³/mol. The van der Waals surface area contributed by atoms with E-state index in [4.69, 9.17) is 4.74 Å². The van der Waals surface area contributed by atoms with Gasteiger partial charge in [0.2, 0.25) is 0 Å². The largest absolute Gasteiger partial charge is 0.493 e. The van der Waals surface area contributed by atoms with E-state index in [1.807, 2.05) is 19.1 Å². The fraction of sp³-hybridized carbons (Fsp3) is 0.583. The molecule has 1 N–H and O–H groups in total. The van der Waals surface area contributed by atoms with Crippen LogP contribution >= 0.6 is 0 Å². The number of nitrogens with one attached hydrogen (secondary N) is 1. The summed E-state index contributed by atoms with van der Waals surface area (Å²) in [5, 5.41) is 3.35. The maximum atomic E-state index is 5.59. The Labute approximate surface area is 91.9 Å². The van der Waals surface area contributed by atoms with E-state index in [1.165, 1.54) is 0 Å². The Morgan fingerprint density at radius 3 is 2.93 bits per heavy atom. The van der Waals surface area contributed by atoms with Crippen LogP contribution in [0.25, 0.3) is 0 Å². The summed E-state index contributed by atoms with van der Waals surface area (Å²) >= 11 is 0. The number of hydrogen-bond donors (Lipinski definition) is 1. The van der Waals surface area contributed by atoms with Crippen LogP contribution in [0, 0.1) is 6.92 Å². The van der Waals surface area contributed by atoms with Crippen molar-refractivity contribution in [2.75, 3.05) is 13.2 Å². The highest BCUT2D eigenvalue weighted by atomic mass is 16.5. The maximum absolute atomic E-state index is 5.59. The first-order valence-electron chi connectivity index (χ1n) is 5.47. The van der Waals surface area contributed by atoms with Crippen molar-refractivity contribution in [3.8, 4) is 5.75 Å². The summed E-state index contributed by atoms with van der Waals surface area (Å²) in [7, 11) is 0. The van der Waals surface area contributed by atoms with Crippen molar-refractivity contribution in [1.82, 2.24) is 10.3 Å². The average Bonchev–Trinajstić information content (AvgIpc) is 2.17. The first kappa shape index (κ1) is 12.0. The highest BCUT2D eigenvalue weighted by molar-refractivity contribution is 5.21. The first-order valence-corrected chi connectivity index (χ1v) is 5.47. The van der Waals surface area contributed by atoms with Crippen LogP contribution in [0.3, 0.4) is 0 Å². The SMILES string of the molecule is Cc1cc(OCCCNC(C)C)ccn1. The number of aromatic nitrogens is 1. The molecule has 0 saturated heterocycles. The van der Waals surface area contributed by atoms with Gasteiger partial charge in [0.1, 0.15) is 5.75 Å². The van der Waals surface area contributed by atoms with Crippen molar-refractivity contribution < 1.29 is 4.74 Å². The summed E-state index contributed by atoms with van der Waals surface area (Å²) in [5.41, 5.74) is 0.993. The van der Waals surface area contributed by atoms with Crippen LogP contribution in [0.1, 0.15) is 26.0 Å². The Morgan fingerprint density at radius 1 is 1.47 bits per heavy atom. The van der Waals surface area contributed by atoms with E-state index in [0.29, 0.717) is 6.04 Å². The molecule has 0 amide bonds. The lowest BCUT2D eigenvalue weighted by Crippen LogP contribution is -2.24. The van der Waals surface area contributed by atoms with Crippen molar-refractivity contribution in [2.45, 2.75) is 33.2 Å². The Balaban J connectivity index is 2.15. The zero-order valence-electron chi connectivity index (χ0n) is 9.79. The molecule has 1 aromatic heterocycles. The third-order valence-corrected chi connectivity index (χ3v) is 2.01. The van der Waals surface area contributed by atoms with E-state index >= 15 is 0 Å². The first-order chi connectivity index (χ1) is 7.18. The fourth-order valence-corrected chi connectivity index (χ4v) is 1.26. The molecule has 0 fully saturated rings. The van der Waals surface area contributed by atoms with Gasteiger partial charge in [-0.15, -0.1) is 0 Å². The van der Waals surface area contributed by atoms with E-state index in [2.05, 4.69) is 24.1 Å². The smallest absolute Gasteiger partial charge is 0.122 e. The van der Waals surface area contributed by atoms with Crippen LogP contribution in [0.5, 0.6) is 5.75 Å². The molecular formula is C12H20N2O. The minimum atomic E-state index is 0.549. The summed E-state index contributed by atoms with van der Waals surface area (Å²) < 4.78 is 5.59. The predicted octanol–water partition coefficient (Wildman–Crippen LogP) is 2.16. The Kier molecular flexibility index (Phi) is 5.12. The van der Waals surface area contributed by atoms with Crippen LogP contribution < -0.4 is 10.1 Å². The number of ether oxygens (including phenoxy) is 1.